The van der Waals surface area contributed by atoms with Crippen LogP contribution in [0.5, 0.6) is 0 Å². The van der Waals surface area contributed by atoms with E-state index in [1.54, 1.807) is 0 Å². The number of carbonyl (C=O) groups excluding carboxylic acids is 1. The average Bonchev–Trinajstić information content (AvgIpc) is 2.91. The van der Waals surface area contributed by atoms with Gasteiger partial charge in [-0.25, -0.2) is 4.68 Å². The molecule has 0 fully saturated rings. The van der Waals surface area contributed by atoms with Crippen LogP contribution in [0.2, 0.25) is 0 Å². The van der Waals surface area contributed by atoms with Crippen LogP contribution in [0, 0.1) is 13.8 Å². The maximum atomic E-state index is 11.9. The van der Waals surface area contributed by atoms with Crippen LogP contribution in [-0.4, -0.2) is 37.7 Å². The van der Waals surface area contributed by atoms with Crippen LogP contribution in [0.3, 0.4) is 0 Å². The zero-order chi connectivity index (χ0) is 16.8. The van der Waals surface area contributed by atoms with Crippen molar-refractivity contribution in [1.82, 2.24) is 20.3 Å². The summed E-state index contributed by atoms with van der Waals surface area (Å²) in [6.45, 7) is 4.04. The number of nitrogens with one attached hydrogen (secondary N) is 1. The smallest absolute Gasteiger partial charge is 0.325 e. The molecule has 1 heterocycles. The summed E-state index contributed by atoms with van der Waals surface area (Å²) >= 11 is 1.48. The lowest BCUT2D eigenvalue weighted by Crippen LogP contribution is -2.24. The van der Waals surface area contributed by atoms with Crippen molar-refractivity contribution >= 4 is 23.6 Å². The van der Waals surface area contributed by atoms with Crippen molar-refractivity contribution in [3.05, 3.63) is 41.2 Å². The Hall–Kier alpha value is -2.35. The van der Waals surface area contributed by atoms with Gasteiger partial charge in [-0.05, 0) is 25.5 Å². The molecule has 0 radical (unpaired) electrons. The summed E-state index contributed by atoms with van der Waals surface area (Å²) in [4.78, 5) is 23.5. The van der Waals surface area contributed by atoms with E-state index in [1.807, 2.05) is 26.0 Å². The first kappa shape index (κ1) is 17.0. The molecule has 0 aliphatic heterocycles. The highest BCUT2D eigenvalue weighted by molar-refractivity contribution is 8.00. The monoisotopic (exact) mass is 334 g/mol. The van der Waals surface area contributed by atoms with Crippen molar-refractivity contribution in [2.75, 3.05) is 5.75 Å². The van der Waals surface area contributed by atoms with Gasteiger partial charge in [-0.3, -0.25) is 9.59 Å². The fourth-order valence-corrected chi connectivity index (χ4v) is 2.82. The molecule has 0 aliphatic carbocycles. The van der Waals surface area contributed by atoms with E-state index in [4.69, 9.17) is 5.11 Å². The van der Waals surface area contributed by atoms with Crippen molar-refractivity contribution in [3.8, 4) is 0 Å². The third kappa shape index (κ3) is 5.41. The Labute approximate surface area is 138 Å². The van der Waals surface area contributed by atoms with Gasteiger partial charge in [0.15, 0.2) is 0 Å². The summed E-state index contributed by atoms with van der Waals surface area (Å²) in [6, 6.07) is 6.12. The number of aliphatic carboxylic acids is 1. The summed E-state index contributed by atoms with van der Waals surface area (Å²) < 4.78 is 1.22. The Kier molecular flexibility index (Phi) is 5.75. The number of amides is 1. The number of rotatable bonds is 7. The number of hydrogen-bond donors (Lipinski definition) is 2. The van der Waals surface area contributed by atoms with E-state index >= 15 is 0 Å². The number of carboxylic acids is 1. The Morgan fingerprint density at radius 3 is 2.83 bits per heavy atom. The average molecular weight is 334 g/mol. The molecular weight excluding hydrogens is 316 g/mol. The van der Waals surface area contributed by atoms with Crippen molar-refractivity contribution in [2.24, 2.45) is 0 Å². The minimum atomic E-state index is -0.990. The predicted octanol–water partition coefficient (Wildman–Crippen LogP) is 1.39. The second-order valence-corrected chi connectivity index (χ2v) is 6.15. The summed E-state index contributed by atoms with van der Waals surface area (Å²) in [5.41, 5.74) is 2.87. The second-order valence-electron chi connectivity index (χ2n) is 5.14. The molecule has 0 unspecified atom stereocenters. The maximum Gasteiger partial charge on any atom is 0.325 e. The number of aromatic nitrogens is 3. The zero-order valence-electron chi connectivity index (χ0n) is 12.9. The number of nitrogens with zero attached hydrogens (tertiary/aromatic N) is 3. The number of thioether (sulfide) groups is 1. The predicted molar refractivity (Wildman–Crippen MR) is 86.1 cm³/mol. The van der Waals surface area contributed by atoms with Gasteiger partial charge in [-0.1, -0.05) is 22.9 Å². The Morgan fingerprint density at radius 2 is 2.13 bits per heavy atom. The van der Waals surface area contributed by atoms with Gasteiger partial charge >= 0.3 is 5.97 Å². The van der Waals surface area contributed by atoms with Gasteiger partial charge in [0.05, 0.1) is 18.5 Å². The normalized spacial score (nSPS) is 10.5. The SMILES string of the molecule is Cc1ccc(SCC(=O)NCc2cn(CC(=O)O)nn2)c(C)c1. The fourth-order valence-electron chi connectivity index (χ4n) is 1.98. The molecular formula is C15H18N4O3S. The van der Waals surface area contributed by atoms with E-state index < -0.39 is 5.97 Å². The summed E-state index contributed by atoms with van der Waals surface area (Å²) in [6.07, 6.45) is 1.51. The highest BCUT2D eigenvalue weighted by Crippen LogP contribution is 2.22. The number of benzene rings is 1. The molecule has 7 nitrogen and oxygen atoms in total. The van der Waals surface area contributed by atoms with Crippen molar-refractivity contribution in [1.29, 1.82) is 0 Å². The van der Waals surface area contributed by atoms with Gasteiger partial charge in [0, 0.05) is 4.90 Å². The van der Waals surface area contributed by atoms with Gasteiger partial charge in [-0.2, -0.15) is 0 Å². The standard InChI is InChI=1S/C15H18N4O3S/c1-10-3-4-13(11(2)5-10)23-9-14(20)16-6-12-7-19(18-17-12)8-15(21)22/h3-5,7H,6,8-9H2,1-2H3,(H,16,20)(H,21,22). The quantitative estimate of drug-likeness (QED) is 0.743. The minimum Gasteiger partial charge on any atom is -0.480 e. The topological polar surface area (TPSA) is 97.1 Å². The van der Waals surface area contributed by atoms with Crippen LogP contribution in [-0.2, 0) is 22.7 Å². The highest BCUT2D eigenvalue weighted by Gasteiger charge is 2.08. The van der Waals surface area contributed by atoms with Crippen LogP contribution < -0.4 is 5.32 Å². The molecule has 2 aromatic rings. The lowest BCUT2D eigenvalue weighted by molar-refractivity contribution is -0.137. The molecule has 0 saturated carbocycles. The van der Waals surface area contributed by atoms with Crippen molar-refractivity contribution in [2.45, 2.75) is 31.8 Å². The van der Waals surface area contributed by atoms with Gasteiger partial charge in [-0.15, -0.1) is 16.9 Å². The Bertz CT molecular complexity index is 714. The molecule has 122 valence electrons. The van der Waals surface area contributed by atoms with E-state index in [0.717, 1.165) is 10.5 Å². The lowest BCUT2D eigenvalue weighted by atomic mass is 10.2. The highest BCUT2D eigenvalue weighted by atomic mass is 32.2. The van der Waals surface area contributed by atoms with Crippen LogP contribution in [0.4, 0.5) is 0 Å². The molecule has 0 spiro atoms. The maximum absolute atomic E-state index is 11.9. The van der Waals surface area contributed by atoms with Crippen LogP contribution in [0.15, 0.2) is 29.3 Å². The molecule has 0 saturated heterocycles. The van der Waals surface area contributed by atoms with Gasteiger partial charge in [0.2, 0.25) is 5.91 Å². The van der Waals surface area contributed by atoms with Crippen molar-refractivity contribution in [3.63, 3.8) is 0 Å². The van der Waals surface area contributed by atoms with E-state index in [9.17, 15) is 9.59 Å². The van der Waals surface area contributed by atoms with Crippen LogP contribution in [0.25, 0.3) is 0 Å². The van der Waals surface area contributed by atoms with Crippen molar-refractivity contribution < 1.29 is 14.7 Å². The molecule has 1 aromatic heterocycles. The lowest BCUT2D eigenvalue weighted by Gasteiger charge is -2.06. The molecule has 8 heteroatoms. The molecule has 23 heavy (non-hydrogen) atoms. The number of carboxylic acid groups (broad SMARTS) is 1. The van der Waals surface area contributed by atoms with Gasteiger partial charge in [0.25, 0.3) is 0 Å². The summed E-state index contributed by atoms with van der Waals surface area (Å²) in [5.74, 6) is -0.786. The first-order chi connectivity index (χ1) is 10.9. The first-order valence-electron chi connectivity index (χ1n) is 7.01. The Morgan fingerprint density at radius 1 is 1.35 bits per heavy atom. The molecule has 0 atom stereocenters. The molecule has 0 bridgehead atoms. The fraction of sp³-hybridized carbons (Fsp3) is 0.333. The molecule has 2 rings (SSSR count). The van der Waals surface area contributed by atoms with Crippen LogP contribution in [0.1, 0.15) is 16.8 Å². The molecule has 1 aromatic carbocycles. The molecule has 0 aliphatic rings. The molecule has 1 amide bonds. The first-order valence-corrected chi connectivity index (χ1v) is 8.00. The second kappa shape index (κ2) is 7.77. The Balaban J connectivity index is 1.78. The number of carbonyl (C=O) groups is 2. The summed E-state index contributed by atoms with van der Waals surface area (Å²) in [7, 11) is 0. The minimum absolute atomic E-state index is 0.109. The van der Waals surface area contributed by atoms with E-state index in [1.165, 1.54) is 28.2 Å². The number of aryl methyl sites for hydroxylation is 2. The van der Waals surface area contributed by atoms with E-state index in [0.29, 0.717) is 11.4 Å². The largest absolute Gasteiger partial charge is 0.480 e. The van der Waals surface area contributed by atoms with Gasteiger partial charge < -0.3 is 10.4 Å². The van der Waals surface area contributed by atoms with Gasteiger partial charge in [0.1, 0.15) is 12.2 Å². The third-order valence-electron chi connectivity index (χ3n) is 3.04. The zero-order valence-corrected chi connectivity index (χ0v) is 13.8. The van der Waals surface area contributed by atoms with Crippen LogP contribution >= 0.6 is 11.8 Å². The third-order valence-corrected chi connectivity index (χ3v) is 4.21. The molecule has 2 N–H and O–H groups in total. The number of hydrogen-bond acceptors (Lipinski definition) is 5. The van der Waals surface area contributed by atoms with E-state index in [-0.39, 0.29) is 19.0 Å². The summed E-state index contributed by atoms with van der Waals surface area (Å²) in [5, 5.41) is 18.9. The van der Waals surface area contributed by atoms with E-state index in [2.05, 4.69) is 21.7 Å².